The van der Waals surface area contributed by atoms with Crippen LogP contribution in [-0.4, -0.2) is 76.7 Å². The first-order chi connectivity index (χ1) is 27.0. The standard InChI is InChI=1S/C37H40ClN7O11/c1-4-6-14-31-39-33(38)32(35(46)55-24(3)56-37(48)51-5-2)43(31)20-25-15-17-28(18-16-25)29-12-7-8-13-30(29)34-40-42-44(41-34)23-53-36(47)52-21-26-10-9-11-27(19-26)22-54-45(49)50/h7-13,15-19,24,49-50H,4-6,14,20-23H2,1-3H3. The Morgan fingerprint density at radius 3 is 2.30 bits per heavy atom. The molecule has 0 amide bonds. The maximum atomic E-state index is 13.3. The molecule has 2 heterocycles. The number of imidazole rings is 1. The van der Waals surface area contributed by atoms with Crippen molar-refractivity contribution < 1.29 is 53.3 Å². The molecule has 3 aromatic carbocycles. The van der Waals surface area contributed by atoms with Crippen molar-refractivity contribution in [2.24, 2.45) is 0 Å². The van der Waals surface area contributed by atoms with Crippen LogP contribution in [0.3, 0.4) is 0 Å². The smallest absolute Gasteiger partial charge is 0.435 e. The van der Waals surface area contributed by atoms with Gasteiger partial charge in [-0.05, 0) is 46.4 Å². The van der Waals surface area contributed by atoms with E-state index >= 15 is 0 Å². The molecule has 0 spiro atoms. The van der Waals surface area contributed by atoms with Gasteiger partial charge in [0, 0.05) is 25.5 Å². The van der Waals surface area contributed by atoms with Gasteiger partial charge in [-0.3, -0.25) is 10.4 Å². The van der Waals surface area contributed by atoms with Gasteiger partial charge in [0.15, 0.2) is 10.8 Å². The molecule has 5 rings (SSSR count). The van der Waals surface area contributed by atoms with Crippen LogP contribution < -0.4 is 0 Å². The van der Waals surface area contributed by atoms with E-state index in [1.54, 1.807) is 35.8 Å². The van der Waals surface area contributed by atoms with E-state index in [1.165, 1.54) is 6.92 Å². The van der Waals surface area contributed by atoms with Gasteiger partial charge in [-0.1, -0.05) is 97.7 Å². The molecule has 0 radical (unpaired) electrons. The summed E-state index contributed by atoms with van der Waals surface area (Å²) < 4.78 is 27.1. The Kier molecular flexibility index (Phi) is 14.8. The molecule has 0 aliphatic heterocycles. The molecule has 0 aliphatic rings. The van der Waals surface area contributed by atoms with Gasteiger partial charge in [0.2, 0.25) is 18.8 Å². The molecule has 0 bridgehead atoms. The van der Waals surface area contributed by atoms with Crippen molar-refractivity contribution in [3.05, 3.63) is 106 Å². The van der Waals surface area contributed by atoms with E-state index in [0.29, 0.717) is 34.8 Å². The molecule has 2 N–H and O–H groups in total. The minimum atomic E-state index is -1.23. The van der Waals surface area contributed by atoms with E-state index in [-0.39, 0.29) is 49.3 Å². The third kappa shape index (κ3) is 11.5. The molecule has 1 atom stereocenters. The molecule has 2 aromatic heterocycles. The maximum absolute atomic E-state index is 13.3. The number of hydrogen-bond acceptors (Lipinski definition) is 16. The minimum Gasteiger partial charge on any atom is -0.435 e. The van der Waals surface area contributed by atoms with Gasteiger partial charge < -0.3 is 28.3 Å². The molecule has 296 valence electrons. The zero-order chi connectivity index (χ0) is 40.0. The molecule has 1 unspecified atom stereocenters. The zero-order valence-corrected chi connectivity index (χ0v) is 31.5. The predicted molar refractivity (Wildman–Crippen MR) is 195 cm³/mol. The van der Waals surface area contributed by atoms with Crippen LogP contribution in [-0.2, 0) is 61.4 Å². The number of hydrogen-bond donors (Lipinski definition) is 2. The Bertz CT molecular complexity index is 2090. The lowest BCUT2D eigenvalue weighted by atomic mass is 9.98. The Labute approximate surface area is 325 Å². The lowest BCUT2D eigenvalue weighted by Gasteiger charge is -2.16. The number of carbonyl (C=O) groups is 3. The number of aryl methyl sites for hydroxylation is 1. The van der Waals surface area contributed by atoms with Crippen LogP contribution in [0, 0.1) is 0 Å². The Morgan fingerprint density at radius 2 is 1.59 bits per heavy atom. The number of aromatic nitrogens is 6. The molecule has 56 heavy (non-hydrogen) atoms. The molecule has 18 nitrogen and oxygen atoms in total. The summed E-state index contributed by atoms with van der Waals surface area (Å²) in [5, 5.41) is 29.6. The second-order valence-corrected chi connectivity index (χ2v) is 12.4. The van der Waals surface area contributed by atoms with E-state index in [4.69, 9.17) is 45.7 Å². The summed E-state index contributed by atoms with van der Waals surface area (Å²) in [6, 6.07) is 21.9. The second kappa shape index (κ2) is 20.1. The van der Waals surface area contributed by atoms with Crippen LogP contribution in [0.1, 0.15) is 66.6 Å². The van der Waals surface area contributed by atoms with Gasteiger partial charge >= 0.3 is 18.3 Å². The average molecular weight is 794 g/mol. The highest BCUT2D eigenvalue weighted by Gasteiger charge is 2.26. The van der Waals surface area contributed by atoms with Gasteiger partial charge in [0.1, 0.15) is 12.4 Å². The first-order valence-corrected chi connectivity index (χ1v) is 17.9. The fourth-order valence-corrected chi connectivity index (χ4v) is 5.70. The van der Waals surface area contributed by atoms with Gasteiger partial charge in [0.05, 0.1) is 18.6 Å². The zero-order valence-electron chi connectivity index (χ0n) is 30.7. The Balaban J connectivity index is 1.24. The van der Waals surface area contributed by atoms with Crippen molar-refractivity contribution in [2.45, 2.75) is 72.8 Å². The van der Waals surface area contributed by atoms with Crippen LogP contribution in [0.5, 0.6) is 0 Å². The maximum Gasteiger partial charge on any atom is 0.511 e. The molecule has 5 aromatic rings. The average Bonchev–Trinajstić information content (AvgIpc) is 3.78. The van der Waals surface area contributed by atoms with E-state index in [2.05, 4.69) is 25.2 Å². The number of nitrogens with zero attached hydrogens (tertiary/aromatic N) is 7. The summed E-state index contributed by atoms with van der Waals surface area (Å²) in [5.74, 6) is 0.104. The third-order valence-corrected chi connectivity index (χ3v) is 8.23. The van der Waals surface area contributed by atoms with Crippen molar-refractivity contribution in [3.63, 3.8) is 0 Å². The number of carbonyl (C=O) groups excluding carboxylic acids is 3. The lowest BCUT2D eigenvalue weighted by molar-refractivity contribution is -0.497. The number of rotatable bonds is 18. The van der Waals surface area contributed by atoms with Crippen molar-refractivity contribution in [1.82, 2.24) is 35.1 Å². The SMILES string of the molecule is CCCCc1nc(Cl)c(C(=O)OC(C)OC(=O)OCC)n1Cc1ccc(-c2ccccc2-c2nnn(COC(=O)OCc3cccc(CON(O)O)c3)n2)cc1. The first-order valence-electron chi connectivity index (χ1n) is 17.5. The Hall–Kier alpha value is -5.92. The van der Waals surface area contributed by atoms with Crippen molar-refractivity contribution >= 4 is 29.9 Å². The monoisotopic (exact) mass is 793 g/mol. The van der Waals surface area contributed by atoms with Crippen LogP contribution >= 0.6 is 11.6 Å². The fraction of sp³-hybridized carbons (Fsp3) is 0.324. The van der Waals surface area contributed by atoms with Crippen LogP contribution in [0.4, 0.5) is 9.59 Å². The van der Waals surface area contributed by atoms with Crippen molar-refractivity contribution in [3.8, 4) is 22.5 Å². The summed E-state index contributed by atoms with van der Waals surface area (Å²) in [4.78, 5) is 47.4. The van der Waals surface area contributed by atoms with Gasteiger partial charge in [-0.25, -0.2) is 24.2 Å². The summed E-state index contributed by atoms with van der Waals surface area (Å²) in [5.41, 5.74) is 4.46. The number of esters is 1. The number of unbranched alkanes of at least 4 members (excludes halogenated alkanes) is 1. The highest BCUT2D eigenvalue weighted by atomic mass is 35.5. The molecule has 0 saturated heterocycles. The summed E-state index contributed by atoms with van der Waals surface area (Å²) in [7, 11) is 0. The highest BCUT2D eigenvalue weighted by molar-refractivity contribution is 6.32. The van der Waals surface area contributed by atoms with Gasteiger partial charge in [-0.2, -0.15) is 0 Å². The second-order valence-electron chi connectivity index (χ2n) is 12.0. The number of ether oxygens (including phenoxy) is 5. The van der Waals surface area contributed by atoms with E-state index in [0.717, 1.165) is 34.3 Å². The minimum absolute atomic E-state index is 0.0214. The Morgan fingerprint density at radius 1 is 0.857 bits per heavy atom. The number of tetrazole rings is 1. The van der Waals surface area contributed by atoms with Gasteiger partial charge in [0.25, 0.3) is 0 Å². The largest absolute Gasteiger partial charge is 0.511 e. The lowest BCUT2D eigenvalue weighted by Crippen LogP contribution is -2.24. The van der Waals surface area contributed by atoms with Crippen LogP contribution in [0.15, 0.2) is 72.8 Å². The fourth-order valence-electron chi connectivity index (χ4n) is 5.42. The molecule has 0 aliphatic carbocycles. The van der Waals surface area contributed by atoms with Crippen molar-refractivity contribution in [2.75, 3.05) is 6.61 Å². The third-order valence-electron chi connectivity index (χ3n) is 7.97. The summed E-state index contributed by atoms with van der Waals surface area (Å²) >= 11 is 6.47. The molecule has 0 fully saturated rings. The van der Waals surface area contributed by atoms with Crippen LogP contribution in [0.25, 0.3) is 22.5 Å². The van der Waals surface area contributed by atoms with Gasteiger partial charge in [-0.15, -0.1) is 15.0 Å². The van der Waals surface area contributed by atoms with E-state index < -0.39 is 24.6 Å². The summed E-state index contributed by atoms with van der Waals surface area (Å²) in [6.07, 6.45) is -0.850. The number of benzene rings is 3. The first kappa shape index (κ1) is 41.2. The van der Waals surface area contributed by atoms with E-state index in [9.17, 15) is 14.4 Å². The molecule has 0 saturated carbocycles. The highest BCUT2D eigenvalue weighted by Crippen LogP contribution is 2.30. The molecular weight excluding hydrogens is 754 g/mol. The normalized spacial score (nSPS) is 11.6. The topological polar surface area (TPSA) is 212 Å². The summed E-state index contributed by atoms with van der Waals surface area (Å²) in [6.45, 7) is 4.87. The molecular formula is C37H40ClN7O11. The van der Waals surface area contributed by atoms with E-state index in [1.807, 2.05) is 55.5 Å². The van der Waals surface area contributed by atoms with Crippen LogP contribution in [0.2, 0.25) is 5.15 Å². The van der Waals surface area contributed by atoms with Crippen molar-refractivity contribution in [1.29, 1.82) is 0 Å². The predicted octanol–water partition coefficient (Wildman–Crippen LogP) is 6.75. The molecule has 19 heteroatoms. The number of halogens is 1. The quantitative estimate of drug-likeness (QED) is 0.0407.